The predicted octanol–water partition coefficient (Wildman–Crippen LogP) is 6.06. The third-order valence-corrected chi connectivity index (χ3v) is 5.98. The lowest BCUT2D eigenvalue weighted by Crippen LogP contribution is -2.41. The van der Waals surface area contributed by atoms with Crippen LogP contribution >= 0.6 is 7.82 Å². The molecule has 0 aliphatic carbocycles. The van der Waals surface area contributed by atoms with E-state index in [-0.39, 0.29) is 12.7 Å². The second-order valence-electron chi connectivity index (χ2n) is 9.27. The Kier molecular flexibility index (Phi) is 16.9. The Hall–Kier alpha value is 0.0700. The fourth-order valence-electron chi connectivity index (χ4n) is 3.53. The van der Waals surface area contributed by atoms with E-state index in [1.807, 2.05) is 21.1 Å². The average Bonchev–Trinajstić information content (AvgIpc) is 2.56. The number of nitrogens with zero attached hydrogens (tertiary/aromatic N) is 1. The van der Waals surface area contributed by atoms with Crippen LogP contribution in [0, 0.1) is 0 Å². The van der Waals surface area contributed by atoms with Crippen molar-refractivity contribution in [1.82, 2.24) is 0 Å². The summed E-state index contributed by atoms with van der Waals surface area (Å²) >= 11 is 0. The van der Waals surface area contributed by atoms with Gasteiger partial charge in [0, 0.05) is 0 Å². The van der Waals surface area contributed by atoms with Crippen molar-refractivity contribution in [2.24, 2.45) is 0 Å². The van der Waals surface area contributed by atoms with Gasteiger partial charge >= 0.3 is 0 Å². The highest BCUT2D eigenvalue weighted by molar-refractivity contribution is 7.45. The highest BCUT2D eigenvalue weighted by Crippen LogP contribution is 2.40. The molecule has 0 saturated heterocycles. The minimum Gasteiger partial charge on any atom is -0.756 e. The average molecular weight is 422 g/mol. The van der Waals surface area contributed by atoms with E-state index in [9.17, 15) is 9.46 Å². The molecule has 0 saturated carbocycles. The molecular formula is C22H48NO4P. The van der Waals surface area contributed by atoms with Crippen LogP contribution in [-0.2, 0) is 13.6 Å². The van der Waals surface area contributed by atoms with Gasteiger partial charge in [0.05, 0.1) is 27.7 Å². The molecule has 0 aromatic heterocycles. The summed E-state index contributed by atoms with van der Waals surface area (Å²) in [6.07, 6.45) is 17.5. The summed E-state index contributed by atoms with van der Waals surface area (Å²) in [6.45, 7) is 4.88. The van der Waals surface area contributed by atoms with Crippen molar-refractivity contribution >= 4 is 7.82 Å². The smallest absolute Gasteiger partial charge is 0.268 e. The van der Waals surface area contributed by atoms with Crippen molar-refractivity contribution < 1.29 is 23.0 Å². The minimum absolute atomic E-state index is 0.232. The van der Waals surface area contributed by atoms with Crippen LogP contribution in [0.15, 0.2) is 0 Å². The van der Waals surface area contributed by atoms with Crippen molar-refractivity contribution in [2.45, 2.75) is 110 Å². The second-order valence-corrected chi connectivity index (χ2v) is 10.6. The number of rotatable bonds is 20. The molecule has 0 aliphatic rings. The molecule has 0 spiro atoms. The molecule has 0 rings (SSSR count). The standard InChI is InChI=1S/C22H48NO4P/c1-6-7-8-9-10-11-12-13-14-15-16-17-18-19-20-26-28(24,25)27-22(2)21-23(3,4)5/h22H,6-21H2,1-5H3. The molecular weight excluding hydrogens is 373 g/mol. The highest BCUT2D eigenvalue weighted by atomic mass is 31.2. The number of hydrogen-bond acceptors (Lipinski definition) is 4. The van der Waals surface area contributed by atoms with Gasteiger partial charge in [0.1, 0.15) is 12.6 Å². The molecule has 0 bridgehead atoms. The Morgan fingerprint density at radius 2 is 1.18 bits per heavy atom. The fourth-order valence-corrected chi connectivity index (χ4v) is 4.45. The van der Waals surface area contributed by atoms with E-state index in [0.717, 1.165) is 19.3 Å². The SMILES string of the molecule is CCCCCCCCCCCCCCCCOP(=O)([O-])OC(C)C[N+](C)(C)C. The van der Waals surface area contributed by atoms with Crippen LogP contribution in [0.2, 0.25) is 0 Å². The molecule has 2 unspecified atom stereocenters. The molecule has 170 valence electrons. The van der Waals surface area contributed by atoms with Crippen molar-refractivity contribution in [2.75, 3.05) is 34.3 Å². The summed E-state index contributed by atoms with van der Waals surface area (Å²) < 4.78 is 22.6. The Bertz CT molecular complexity index is 398. The second kappa shape index (κ2) is 16.8. The van der Waals surface area contributed by atoms with Gasteiger partial charge in [-0.25, -0.2) is 0 Å². The maximum absolute atomic E-state index is 11.8. The monoisotopic (exact) mass is 421 g/mol. The van der Waals surface area contributed by atoms with Gasteiger partial charge in [-0.1, -0.05) is 90.4 Å². The van der Waals surface area contributed by atoms with Crippen molar-refractivity contribution in [3.63, 3.8) is 0 Å². The van der Waals surface area contributed by atoms with Crippen molar-refractivity contribution in [3.05, 3.63) is 0 Å². The van der Waals surface area contributed by atoms with E-state index in [0.29, 0.717) is 11.0 Å². The number of phosphoric acid groups is 1. The predicted molar refractivity (Wildman–Crippen MR) is 117 cm³/mol. The fraction of sp³-hybridized carbons (Fsp3) is 1.00. The van der Waals surface area contributed by atoms with Gasteiger partial charge in [-0.2, -0.15) is 0 Å². The molecule has 0 radical (unpaired) electrons. The Balaban J connectivity index is 3.43. The van der Waals surface area contributed by atoms with E-state index in [4.69, 9.17) is 9.05 Å². The molecule has 0 aromatic rings. The maximum atomic E-state index is 11.8. The molecule has 0 N–H and O–H groups in total. The number of hydrogen-bond donors (Lipinski definition) is 0. The lowest BCUT2D eigenvalue weighted by molar-refractivity contribution is -0.873. The van der Waals surface area contributed by atoms with E-state index in [2.05, 4.69) is 6.92 Å². The van der Waals surface area contributed by atoms with Gasteiger partial charge in [-0.05, 0) is 13.3 Å². The lowest BCUT2D eigenvalue weighted by atomic mass is 10.0. The van der Waals surface area contributed by atoms with Crippen LogP contribution in [0.5, 0.6) is 0 Å². The topological polar surface area (TPSA) is 58.6 Å². The van der Waals surface area contributed by atoms with E-state index >= 15 is 0 Å². The maximum Gasteiger partial charge on any atom is 0.268 e. The van der Waals surface area contributed by atoms with Gasteiger partial charge in [0.2, 0.25) is 0 Å². The van der Waals surface area contributed by atoms with Crippen LogP contribution in [0.3, 0.4) is 0 Å². The summed E-state index contributed by atoms with van der Waals surface area (Å²) in [5.41, 5.74) is 0. The van der Waals surface area contributed by atoms with Crippen LogP contribution in [0.1, 0.15) is 104 Å². The Morgan fingerprint density at radius 1 is 0.786 bits per heavy atom. The number of likely N-dealkylation sites (N-methyl/N-ethyl adjacent to an activating group) is 1. The number of unbranched alkanes of at least 4 members (excludes halogenated alkanes) is 13. The van der Waals surface area contributed by atoms with Crippen molar-refractivity contribution in [1.29, 1.82) is 0 Å². The van der Waals surface area contributed by atoms with Gasteiger partial charge in [-0.15, -0.1) is 0 Å². The third-order valence-electron chi connectivity index (χ3n) is 4.86. The van der Waals surface area contributed by atoms with Gasteiger partial charge in [-0.3, -0.25) is 4.57 Å². The third kappa shape index (κ3) is 20.8. The van der Waals surface area contributed by atoms with Gasteiger partial charge in [0.15, 0.2) is 0 Å². The molecule has 2 atom stereocenters. The summed E-state index contributed by atoms with van der Waals surface area (Å²) in [7, 11) is 1.83. The van der Waals surface area contributed by atoms with E-state index in [1.54, 1.807) is 6.92 Å². The Labute approximate surface area is 175 Å². The zero-order chi connectivity index (χ0) is 21.3. The first-order valence-corrected chi connectivity index (χ1v) is 13.1. The summed E-state index contributed by atoms with van der Waals surface area (Å²) in [6, 6.07) is 0. The van der Waals surface area contributed by atoms with Crippen LogP contribution in [-0.4, -0.2) is 44.9 Å². The van der Waals surface area contributed by atoms with E-state index < -0.39 is 7.82 Å². The molecule has 0 amide bonds. The lowest BCUT2D eigenvalue weighted by Gasteiger charge is -2.31. The van der Waals surface area contributed by atoms with E-state index in [1.165, 1.54) is 70.6 Å². The first-order chi connectivity index (χ1) is 13.2. The normalized spacial score (nSPS) is 15.5. The Morgan fingerprint density at radius 3 is 1.57 bits per heavy atom. The first-order valence-electron chi connectivity index (χ1n) is 11.6. The first kappa shape index (κ1) is 28.1. The molecule has 6 heteroatoms. The molecule has 28 heavy (non-hydrogen) atoms. The molecule has 0 aromatic carbocycles. The van der Waals surface area contributed by atoms with Gasteiger partial charge in [0.25, 0.3) is 7.82 Å². The molecule has 0 fully saturated rings. The van der Waals surface area contributed by atoms with Gasteiger partial charge < -0.3 is 18.4 Å². The number of quaternary nitrogens is 1. The largest absolute Gasteiger partial charge is 0.756 e. The zero-order valence-electron chi connectivity index (χ0n) is 19.4. The summed E-state index contributed by atoms with van der Waals surface area (Å²) in [5, 5.41) is 0. The zero-order valence-corrected chi connectivity index (χ0v) is 20.3. The van der Waals surface area contributed by atoms with Crippen LogP contribution < -0.4 is 4.89 Å². The molecule has 5 nitrogen and oxygen atoms in total. The quantitative estimate of drug-likeness (QED) is 0.136. The summed E-state index contributed by atoms with van der Waals surface area (Å²) in [5.74, 6) is 0. The highest BCUT2D eigenvalue weighted by Gasteiger charge is 2.20. The number of phosphoric ester groups is 1. The van der Waals surface area contributed by atoms with Crippen molar-refractivity contribution in [3.8, 4) is 0 Å². The molecule has 0 aliphatic heterocycles. The minimum atomic E-state index is -4.18. The van der Waals surface area contributed by atoms with Crippen LogP contribution in [0.25, 0.3) is 0 Å². The molecule has 0 heterocycles. The van der Waals surface area contributed by atoms with Crippen LogP contribution in [0.4, 0.5) is 0 Å². The summed E-state index contributed by atoms with van der Waals surface area (Å²) in [4.78, 5) is 11.8.